The van der Waals surface area contributed by atoms with Gasteiger partial charge < -0.3 is 19.5 Å². The highest BCUT2D eigenvalue weighted by Crippen LogP contribution is 2.38. The molecule has 0 fully saturated rings. The van der Waals surface area contributed by atoms with Crippen molar-refractivity contribution in [3.05, 3.63) is 47.5 Å². The number of rotatable bonds is 3. The number of fused-ring (bicyclic) bond motifs is 6. The van der Waals surface area contributed by atoms with Crippen LogP contribution in [0, 0.1) is 13.5 Å². The Morgan fingerprint density at radius 3 is 2.91 bits per heavy atom. The van der Waals surface area contributed by atoms with E-state index >= 15 is 0 Å². The number of amides is 1. The summed E-state index contributed by atoms with van der Waals surface area (Å²) in [6.45, 7) is 11.8. The average molecular weight is 444 g/mol. The summed E-state index contributed by atoms with van der Waals surface area (Å²) < 4.78 is 8.67. The van der Waals surface area contributed by atoms with Crippen LogP contribution >= 0.6 is 0 Å². The van der Waals surface area contributed by atoms with Gasteiger partial charge in [0.25, 0.3) is 11.7 Å². The monoisotopic (exact) mass is 444 g/mol. The fourth-order valence-corrected chi connectivity index (χ4v) is 4.33. The molecule has 4 aromatic heterocycles. The summed E-state index contributed by atoms with van der Waals surface area (Å²) in [5, 5.41) is 10.1. The first-order valence-electron chi connectivity index (χ1n) is 10.8. The minimum Gasteiger partial charge on any atom is -0.381 e. The summed E-state index contributed by atoms with van der Waals surface area (Å²) in [5.74, 6) is 0.0768. The Balaban J connectivity index is 1.79. The molecule has 168 valence electrons. The number of aryl methyl sites for hydroxylation is 2. The number of carbonyl (C=O) groups excluding carboxylic acids is 1. The Morgan fingerprint density at radius 2 is 2.12 bits per heavy atom. The van der Waals surface area contributed by atoms with E-state index in [1.807, 2.05) is 30.1 Å². The minimum atomic E-state index is -0.227. The van der Waals surface area contributed by atoms with E-state index in [1.165, 1.54) is 0 Å². The van der Waals surface area contributed by atoms with Crippen LogP contribution in [0.25, 0.3) is 38.1 Å². The molecule has 0 saturated carbocycles. The second-order valence-corrected chi connectivity index (χ2v) is 8.17. The number of ether oxygens (including phenoxy) is 1. The van der Waals surface area contributed by atoms with Gasteiger partial charge in [0.05, 0.1) is 12.3 Å². The van der Waals surface area contributed by atoms with E-state index in [2.05, 4.69) is 25.0 Å². The van der Waals surface area contributed by atoms with E-state index in [-0.39, 0.29) is 11.6 Å². The number of carbonyl (C=O) groups is 1. The molecule has 0 radical (unpaired) electrons. The molecule has 33 heavy (non-hydrogen) atoms. The van der Waals surface area contributed by atoms with Gasteiger partial charge in [0.2, 0.25) is 0 Å². The molecule has 1 N–H and O–H groups in total. The largest absolute Gasteiger partial charge is 0.381 e. The van der Waals surface area contributed by atoms with Gasteiger partial charge >= 0.3 is 0 Å². The van der Waals surface area contributed by atoms with Crippen LogP contribution in [0.5, 0.6) is 0 Å². The summed E-state index contributed by atoms with van der Waals surface area (Å²) in [6, 6.07) is 1.97. The van der Waals surface area contributed by atoms with E-state index in [0.717, 1.165) is 34.3 Å². The molecule has 0 aromatic carbocycles. The lowest BCUT2D eigenvalue weighted by Gasteiger charge is -2.16. The predicted molar refractivity (Wildman–Crippen MR) is 123 cm³/mol. The van der Waals surface area contributed by atoms with Crippen molar-refractivity contribution in [1.29, 1.82) is 0 Å². The van der Waals surface area contributed by atoms with Crippen molar-refractivity contribution in [2.24, 2.45) is 0 Å². The molecular formula is C23H24N8O2. The Morgan fingerprint density at radius 1 is 1.27 bits per heavy atom. The lowest BCUT2D eigenvalue weighted by atomic mass is 10.0. The van der Waals surface area contributed by atoms with Crippen LogP contribution in [0.2, 0.25) is 0 Å². The highest BCUT2D eigenvalue weighted by Gasteiger charge is 2.28. The Bertz CT molecular complexity index is 1400. The highest BCUT2D eigenvalue weighted by molar-refractivity contribution is 6.04. The van der Waals surface area contributed by atoms with Crippen LogP contribution in [0.4, 0.5) is 5.82 Å². The Kier molecular flexibility index (Phi) is 5.18. The smallest absolute Gasteiger partial charge is 0.275 e. The number of hydrogen-bond acceptors (Lipinski definition) is 5. The van der Waals surface area contributed by atoms with Crippen LogP contribution in [0.15, 0.2) is 24.7 Å². The molecule has 1 amide bonds. The Hall–Kier alpha value is -3.97. The van der Waals surface area contributed by atoms with Crippen LogP contribution in [0.1, 0.15) is 22.6 Å². The standard InChI is InChI=1S/C23H24N8O2/c1-14-18-13-30(27-14)7-5-6-29(3)23(32)20-19(22(24-2)31(28-20)8-9-33-4)15-10-16-17(18)12-26-21(16)25-11-15/h10-13H,5-9H2,1,3-4H3,(H,25,26). The van der Waals surface area contributed by atoms with Crippen LogP contribution < -0.4 is 0 Å². The lowest BCUT2D eigenvalue weighted by Crippen LogP contribution is -2.29. The van der Waals surface area contributed by atoms with Gasteiger partial charge in [-0.05, 0) is 25.0 Å². The van der Waals surface area contributed by atoms with Gasteiger partial charge in [-0.1, -0.05) is 11.7 Å². The molecule has 0 saturated heterocycles. The van der Waals surface area contributed by atoms with E-state index in [1.54, 1.807) is 29.9 Å². The SMILES string of the molecule is [C-]#[N+]c1c2c(nn1CCOC)C(=O)N(C)CCCn1cc(c(C)n1)-c1c[nH]c3ncc-2cc13. The van der Waals surface area contributed by atoms with E-state index in [9.17, 15) is 4.79 Å². The number of aromatic nitrogens is 6. The average Bonchev–Trinajstić information content (AvgIpc) is 3.50. The molecule has 4 aromatic rings. The minimum absolute atomic E-state index is 0.227. The number of aromatic amines is 1. The van der Waals surface area contributed by atoms with Crippen molar-refractivity contribution < 1.29 is 9.53 Å². The molecule has 1 aliphatic heterocycles. The maximum absolute atomic E-state index is 13.4. The van der Waals surface area contributed by atoms with Crippen LogP contribution in [0.3, 0.4) is 0 Å². The van der Waals surface area contributed by atoms with Crippen molar-refractivity contribution in [2.45, 2.75) is 26.4 Å². The number of methoxy groups -OCH3 is 1. The number of pyridine rings is 1. The summed E-state index contributed by atoms with van der Waals surface area (Å²) in [5.41, 5.74) is 5.11. The van der Waals surface area contributed by atoms with Gasteiger partial charge in [0.1, 0.15) is 12.2 Å². The van der Waals surface area contributed by atoms with Crippen molar-refractivity contribution in [3.63, 3.8) is 0 Å². The third-order valence-corrected chi connectivity index (χ3v) is 6.03. The second-order valence-electron chi connectivity index (χ2n) is 8.17. The first kappa shape index (κ1) is 20.9. The third-order valence-electron chi connectivity index (χ3n) is 6.03. The molecule has 1 aliphatic rings. The maximum atomic E-state index is 13.4. The van der Waals surface area contributed by atoms with Crippen molar-refractivity contribution in [2.75, 3.05) is 27.3 Å². The first-order valence-corrected chi connectivity index (χ1v) is 10.8. The maximum Gasteiger partial charge on any atom is 0.275 e. The number of nitrogens with one attached hydrogen (secondary N) is 1. The van der Waals surface area contributed by atoms with Crippen LogP contribution in [-0.2, 0) is 17.8 Å². The predicted octanol–water partition coefficient (Wildman–Crippen LogP) is 3.27. The lowest BCUT2D eigenvalue weighted by molar-refractivity contribution is 0.0785. The molecule has 10 heteroatoms. The molecule has 0 unspecified atom stereocenters. The number of H-pyrrole nitrogens is 1. The van der Waals surface area contributed by atoms with Crippen LogP contribution in [-0.4, -0.2) is 67.6 Å². The molecule has 5 rings (SSSR count). The van der Waals surface area contributed by atoms with Gasteiger partial charge in [-0.15, -0.1) is 0 Å². The molecular weight excluding hydrogens is 420 g/mol. The number of nitrogens with zero attached hydrogens (tertiary/aromatic N) is 7. The summed E-state index contributed by atoms with van der Waals surface area (Å²) in [7, 11) is 3.35. The first-order chi connectivity index (χ1) is 16.0. The highest BCUT2D eigenvalue weighted by atomic mass is 16.5. The fraction of sp³-hybridized carbons (Fsp3) is 0.348. The zero-order chi connectivity index (χ0) is 23.1. The zero-order valence-electron chi connectivity index (χ0n) is 18.8. The zero-order valence-corrected chi connectivity index (χ0v) is 18.8. The number of hydrogen-bond donors (Lipinski definition) is 1. The third kappa shape index (κ3) is 3.47. The van der Waals surface area contributed by atoms with Crippen molar-refractivity contribution in [1.82, 2.24) is 34.4 Å². The quantitative estimate of drug-likeness (QED) is 0.489. The van der Waals surface area contributed by atoms with Crippen molar-refractivity contribution >= 4 is 22.8 Å². The van der Waals surface area contributed by atoms with Gasteiger partial charge in [-0.3, -0.25) is 9.48 Å². The van der Waals surface area contributed by atoms with Gasteiger partial charge in [0, 0.05) is 67.9 Å². The molecule has 10 nitrogen and oxygen atoms in total. The molecule has 4 bridgehead atoms. The normalized spacial score (nSPS) is 13.9. The van der Waals surface area contributed by atoms with E-state index in [0.29, 0.717) is 43.2 Å². The fourth-order valence-electron chi connectivity index (χ4n) is 4.33. The molecule has 5 heterocycles. The topological polar surface area (TPSA) is 98.2 Å². The van der Waals surface area contributed by atoms with E-state index in [4.69, 9.17) is 11.3 Å². The Labute approximate surface area is 190 Å². The van der Waals surface area contributed by atoms with E-state index < -0.39 is 0 Å². The summed E-state index contributed by atoms with van der Waals surface area (Å²) in [6.07, 6.45) is 6.40. The summed E-state index contributed by atoms with van der Waals surface area (Å²) in [4.78, 5) is 26.7. The second kappa shape index (κ2) is 8.18. The van der Waals surface area contributed by atoms with Gasteiger partial charge in [0.15, 0.2) is 5.69 Å². The molecule has 0 aliphatic carbocycles. The van der Waals surface area contributed by atoms with Gasteiger partial charge in [-0.25, -0.2) is 4.98 Å². The summed E-state index contributed by atoms with van der Waals surface area (Å²) >= 11 is 0. The van der Waals surface area contributed by atoms with Gasteiger partial charge in [-0.2, -0.15) is 9.78 Å². The van der Waals surface area contributed by atoms with Crippen molar-refractivity contribution in [3.8, 4) is 22.3 Å². The molecule has 0 spiro atoms. The molecule has 0 atom stereocenters.